The van der Waals surface area contributed by atoms with Crippen molar-refractivity contribution in [3.63, 3.8) is 0 Å². The van der Waals surface area contributed by atoms with E-state index in [2.05, 4.69) is 0 Å². The van der Waals surface area contributed by atoms with Gasteiger partial charge in [0.1, 0.15) is 6.54 Å². The monoisotopic (exact) mass is 551 g/mol. The van der Waals surface area contributed by atoms with Crippen LogP contribution in [0, 0.1) is 13.8 Å². The van der Waals surface area contributed by atoms with Crippen LogP contribution in [0.4, 0.5) is 5.69 Å². The Labute approximate surface area is 223 Å². The van der Waals surface area contributed by atoms with E-state index in [4.69, 9.17) is 4.74 Å². The number of esters is 1. The molecule has 0 aliphatic heterocycles. The number of sulfonamides is 1. The molecule has 0 unspecified atom stereocenters. The summed E-state index contributed by atoms with van der Waals surface area (Å²) in [6, 6.07) is 23.1. The van der Waals surface area contributed by atoms with Crippen LogP contribution in [0.5, 0.6) is 0 Å². The lowest BCUT2D eigenvalue weighted by Gasteiger charge is -2.25. The average Bonchev–Trinajstić information content (AvgIpc) is 2.88. The number of ether oxygens (including phenoxy) is 1. The summed E-state index contributed by atoms with van der Waals surface area (Å²) in [5.74, 6) is -0.960. The van der Waals surface area contributed by atoms with Gasteiger partial charge in [0.25, 0.3) is 10.0 Å². The molecule has 38 heavy (non-hydrogen) atoms. The Hall–Kier alpha value is -3.69. The molecule has 0 bridgehead atoms. The molecular formula is C29H29NO6S2. The molecule has 0 aromatic heterocycles. The number of fused-ring (bicyclic) bond motifs is 1. The molecule has 0 saturated heterocycles. The predicted octanol–water partition coefficient (Wildman–Crippen LogP) is 5.19. The van der Waals surface area contributed by atoms with Crippen LogP contribution in [0.3, 0.4) is 0 Å². The summed E-state index contributed by atoms with van der Waals surface area (Å²) in [4.78, 5) is 12.8. The van der Waals surface area contributed by atoms with Crippen molar-refractivity contribution in [2.24, 2.45) is 0 Å². The summed E-state index contributed by atoms with van der Waals surface area (Å²) < 4.78 is 60.0. The van der Waals surface area contributed by atoms with E-state index in [1.54, 1.807) is 79.7 Å². The molecule has 0 N–H and O–H groups in total. The van der Waals surface area contributed by atoms with Gasteiger partial charge in [0.2, 0.25) is 0 Å². The molecule has 7 nitrogen and oxygen atoms in total. The first-order valence-electron chi connectivity index (χ1n) is 12.1. The van der Waals surface area contributed by atoms with Crippen molar-refractivity contribution in [2.75, 3.05) is 17.5 Å². The van der Waals surface area contributed by atoms with Gasteiger partial charge >= 0.3 is 5.97 Å². The van der Waals surface area contributed by atoms with Crippen LogP contribution in [-0.2, 0) is 35.1 Å². The number of rotatable bonds is 9. The fourth-order valence-corrected chi connectivity index (χ4v) is 6.99. The van der Waals surface area contributed by atoms with E-state index in [9.17, 15) is 21.6 Å². The molecule has 0 spiro atoms. The third kappa shape index (κ3) is 5.74. The van der Waals surface area contributed by atoms with Crippen LogP contribution < -0.4 is 4.31 Å². The highest BCUT2D eigenvalue weighted by Gasteiger charge is 2.30. The fraction of sp³-hybridized carbons (Fsp3) is 0.207. The van der Waals surface area contributed by atoms with Crippen LogP contribution in [0.2, 0.25) is 0 Å². The van der Waals surface area contributed by atoms with Crippen LogP contribution in [0.15, 0.2) is 94.7 Å². The van der Waals surface area contributed by atoms with Gasteiger partial charge in [-0.1, -0.05) is 65.7 Å². The van der Waals surface area contributed by atoms with E-state index < -0.39 is 32.4 Å². The van der Waals surface area contributed by atoms with Gasteiger partial charge in [-0.2, -0.15) is 0 Å². The second-order valence-electron chi connectivity index (χ2n) is 8.99. The van der Waals surface area contributed by atoms with Crippen LogP contribution in [0.1, 0.15) is 23.6 Å². The summed E-state index contributed by atoms with van der Waals surface area (Å²) in [5, 5.41) is 1.08. The molecule has 4 aromatic carbocycles. The number of carbonyl (C=O) groups excluding carboxylic acids is 1. The lowest BCUT2D eigenvalue weighted by Crippen LogP contribution is -2.36. The number of aryl methyl sites for hydroxylation is 2. The number of hydrogen-bond acceptors (Lipinski definition) is 6. The highest BCUT2D eigenvalue weighted by molar-refractivity contribution is 7.93. The Morgan fingerprint density at radius 2 is 1.29 bits per heavy atom. The normalized spacial score (nSPS) is 11.9. The summed E-state index contributed by atoms with van der Waals surface area (Å²) >= 11 is 0. The largest absolute Gasteiger partial charge is 0.465 e. The molecular weight excluding hydrogens is 522 g/mol. The van der Waals surface area contributed by atoms with E-state index in [1.807, 2.05) is 13.8 Å². The maximum atomic E-state index is 13.8. The summed E-state index contributed by atoms with van der Waals surface area (Å²) in [6.07, 6.45) is 0. The Morgan fingerprint density at radius 1 is 0.737 bits per heavy atom. The molecule has 0 radical (unpaired) electrons. The van der Waals surface area contributed by atoms with Crippen molar-refractivity contribution in [3.05, 3.63) is 102 Å². The third-order valence-corrected chi connectivity index (χ3v) is 9.63. The Kier molecular flexibility index (Phi) is 7.89. The zero-order valence-corrected chi connectivity index (χ0v) is 23.1. The van der Waals surface area contributed by atoms with E-state index in [-0.39, 0.29) is 27.8 Å². The maximum Gasteiger partial charge on any atom is 0.326 e. The maximum absolute atomic E-state index is 13.8. The second kappa shape index (κ2) is 11.0. The molecule has 0 amide bonds. The Morgan fingerprint density at radius 3 is 1.87 bits per heavy atom. The number of hydrogen-bond donors (Lipinski definition) is 0. The summed E-state index contributed by atoms with van der Waals surface area (Å²) in [5.41, 5.74) is 2.63. The molecule has 4 rings (SSSR count). The molecule has 198 valence electrons. The molecule has 0 atom stereocenters. The highest BCUT2D eigenvalue weighted by atomic mass is 32.2. The SMILES string of the molecule is CCOC(=O)CN(c1ccc(CS(=O)(=O)c2ccc(C)cc2)c2ccccc12)S(=O)(=O)c1ccc(C)cc1. The first kappa shape index (κ1) is 27.3. The minimum Gasteiger partial charge on any atom is -0.465 e. The standard InChI is InChI=1S/C29H29NO6S2/c1-4-36-29(31)19-30(38(34,35)25-16-11-22(3)12-17-25)28-18-13-23(26-7-5-6-8-27(26)28)20-37(32,33)24-14-9-21(2)10-15-24/h5-18H,4,19-20H2,1-3H3. The van der Waals surface area contributed by atoms with Crippen LogP contribution >= 0.6 is 0 Å². The molecule has 4 aromatic rings. The quantitative estimate of drug-likeness (QED) is 0.266. The summed E-state index contributed by atoms with van der Waals surface area (Å²) in [7, 11) is -7.82. The molecule has 0 fully saturated rings. The van der Waals surface area contributed by atoms with Gasteiger partial charge in [-0.3, -0.25) is 9.10 Å². The minimum absolute atomic E-state index is 0.0301. The molecule has 0 aliphatic carbocycles. The molecule has 0 aliphatic rings. The Balaban J connectivity index is 1.84. The van der Waals surface area contributed by atoms with Gasteiger partial charge in [-0.25, -0.2) is 16.8 Å². The van der Waals surface area contributed by atoms with Crippen molar-refractivity contribution in [3.8, 4) is 0 Å². The lowest BCUT2D eigenvalue weighted by atomic mass is 10.0. The van der Waals surface area contributed by atoms with Gasteiger partial charge in [0.15, 0.2) is 9.84 Å². The minimum atomic E-state index is -4.16. The van der Waals surface area contributed by atoms with Crippen LogP contribution in [0.25, 0.3) is 10.8 Å². The number of anilines is 1. The molecule has 0 saturated carbocycles. The van der Waals surface area contributed by atoms with Crippen molar-refractivity contribution in [2.45, 2.75) is 36.3 Å². The van der Waals surface area contributed by atoms with Gasteiger partial charge in [0.05, 0.1) is 27.8 Å². The first-order chi connectivity index (χ1) is 18.0. The molecule has 0 heterocycles. The van der Waals surface area contributed by atoms with Crippen LogP contribution in [-0.4, -0.2) is 36.0 Å². The fourth-order valence-electron chi connectivity index (χ4n) is 4.18. The van der Waals surface area contributed by atoms with E-state index >= 15 is 0 Å². The zero-order valence-electron chi connectivity index (χ0n) is 21.4. The molecule has 9 heteroatoms. The number of benzene rings is 4. The number of nitrogens with zero attached hydrogens (tertiary/aromatic N) is 1. The number of sulfone groups is 1. The summed E-state index contributed by atoms with van der Waals surface area (Å²) in [6.45, 7) is 4.96. The van der Waals surface area contributed by atoms with Crippen molar-refractivity contribution >= 4 is 42.3 Å². The lowest BCUT2D eigenvalue weighted by molar-refractivity contribution is -0.141. The van der Waals surface area contributed by atoms with Crippen molar-refractivity contribution in [1.29, 1.82) is 0 Å². The van der Waals surface area contributed by atoms with E-state index in [1.165, 1.54) is 12.1 Å². The second-order valence-corrected chi connectivity index (χ2v) is 12.8. The Bertz CT molecular complexity index is 1680. The van der Waals surface area contributed by atoms with Gasteiger partial charge in [-0.15, -0.1) is 0 Å². The zero-order chi connectivity index (χ0) is 27.5. The topological polar surface area (TPSA) is 97.8 Å². The van der Waals surface area contributed by atoms with E-state index in [0.717, 1.165) is 15.4 Å². The van der Waals surface area contributed by atoms with Crippen molar-refractivity contribution < 1.29 is 26.4 Å². The average molecular weight is 552 g/mol. The highest BCUT2D eigenvalue weighted by Crippen LogP contribution is 2.34. The number of carbonyl (C=O) groups is 1. The van der Waals surface area contributed by atoms with E-state index in [0.29, 0.717) is 16.3 Å². The smallest absolute Gasteiger partial charge is 0.326 e. The predicted molar refractivity (Wildman–Crippen MR) is 148 cm³/mol. The van der Waals surface area contributed by atoms with Gasteiger partial charge in [0, 0.05) is 5.39 Å². The van der Waals surface area contributed by atoms with Gasteiger partial charge < -0.3 is 4.74 Å². The first-order valence-corrected chi connectivity index (χ1v) is 15.2. The van der Waals surface area contributed by atoms with Crippen molar-refractivity contribution in [1.82, 2.24) is 0 Å². The third-order valence-electron chi connectivity index (χ3n) is 6.17. The van der Waals surface area contributed by atoms with Gasteiger partial charge in [-0.05, 0) is 62.1 Å².